The highest BCUT2D eigenvalue weighted by molar-refractivity contribution is 6.04. The van der Waals surface area contributed by atoms with Crippen LogP contribution in [-0.4, -0.2) is 30.9 Å². The smallest absolute Gasteiger partial charge is 0.433 e. The molecule has 0 aliphatic carbocycles. The van der Waals surface area contributed by atoms with Crippen LogP contribution in [0.1, 0.15) is 16.1 Å². The summed E-state index contributed by atoms with van der Waals surface area (Å²) in [6.07, 6.45) is -0.325. The highest BCUT2D eigenvalue weighted by atomic mass is 19.4. The normalized spacial score (nSPS) is 11.2. The summed E-state index contributed by atoms with van der Waals surface area (Å²) in [6.45, 7) is 0. The number of amides is 1. The Balaban J connectivity index is 1.37. The lowest BCUT2D eigenvalue weighted by Gasteiger charge is -2.09. The SMILES string of the molecule is O=C(Nc1ccc(Oc2ccc(-n3cccn3)nn2)cc1)c1ccc(C(F)(F)F)nc1. The topological polar surface area (TPSA) is 94.8 Å². The zero-order valence-electron chi connectivity index (χ0n) is 15.6. The molecule has 0 unspecified atom stereocenters. The first kappa shape index (κ1) is 20.0. The van der Waals surface area contributed by atoms with Gasteiger partial charge in [-0.05, 0) is 48.5 Å². The van der Waals surface area contributed by atoms with Crippen LogP contribution in [-0.2, 0) is 6.18 Å². The summed E-state index contributed by atoms with van der Waals surface area (Å²) >= 11 is 0. The number of benzene rings is 1. The van der Waals surface area contributed by atoms with E-state index in [0.29, 0.717) is 17.3 Å². The maximum absolute atomic E-state index is 12.6. The molecule has 1 aromatic carbocycles. The second-order valence-corrected chi connectivity index (χ2v) is 6.19. The Kier molecular flexibility index (Phi) is 5.31. The van der Waals surface area contributed by atoms with Crippen molar-refractivity contribution < 1.29 is 22.7 Å². The van der Waals surface area contributed by atoms with Crippen molar-refractivity contribution in [3.05, 3.63) is 84.4 Å². The van der Waals surface area contributed by atoms with Crippen molar-refractivity contribution >= 4 is 11.6 Å². The number of ether oxygens (including phenoxy) is 1. The maximum Gasteiger partial charge on any atom is 0.433 e. The summed E-state index contributed by atoms with van der Waals surface area (Å²) < 4.78 is 44.8. The quantitative estimate of drug-likeness (QED) is 0.516. The van der Waals surface area contributed by atoms with E-state index < -0.39 is 17.8 Å². The largest absolute Gasteiger partial charge is 0.438 e. The van der Waals surface area contributed by atoms with E-state index in [9.17, 15) is 18.0 Å². The molecule has 4 rings (SSSR count). The van der Waals surface area contributed by atoms with Crippen LogP contribution >= 0.6 is 0 Å². The Labute approximate surface area is 173 Å². The van der Waals surface area contributed by atoms with Gasteiger partial charge in [0, 0.05) is 30.3 Å². The molecule has 11 heteroatoms. The number of hydrogen-bond acceptors (Lipinski definition) is 6. The van der Waals surface area contributed by atoms with Crippen molar-refractivity contribution in [2.75, 3.05) is 5.32 Å². The van der Waals surface area contributed by atoms with Gasteiger partial charge in [-0.2, -0.15) is 18.3 Å². The van der Waals surface area contributed by atoms with Crippen molar-refractivity contribution in [3.63, 3.8) is 0 Å². The third kappa shape index (κ3) is 4.83. The lowest BCUT2D eigenvalue weighted by atomic mass is 10.2. The van der Waals surface area contributed by atoms with Crippen molar-refractivity contribution in [1.82, 2.24) is 25.0 Å². The average molecular weight is 426 g/mol. The summed E-state index contributed by atoms with van der Waals surface area (Å²) in [7, 11) is 0. The van der Waals surface area contributed by atoms with Crippen LogP contribution in [0.15, 0.2) is 73.2 Å². The summed E-state index contributed by atoms with van der Waals surface area (Å²) in [4.78, 5) is 15.5. The highest BCUT2D eigenvalue weighted by Crippen LogP contribution is 2.27. The molecule has 0 fully saturated rings. The molecule has 1 amide bonds. The van der Waals surface area contributed by atoms with Crippen LogP contribution in [0.4, 0.5) is 18.9 Å². The van der Waals surface area contributed by atoms with Gasteiger partial charge in [0.15, 0.2) is 5.82 Å². The van der Waals surface area contributed by atoms with E-state index >= 15 is 0 Å². The Morgan fingerprint density at radius 1 is 1.00 bits per heavy atom. The van der Waals surface area contributed by atoms with Gasteiger partial charge in [0.2, 0.25) is 5.88 Å². The predicted octanol–water partition coefficient (Wildman–Crippen LogP) is 4.12. The lowest BCUT2D eigenvalue weighted by Crippen LogP contribution is -2.14. The third-order valence-corrected chi connectivity index (χ3v) is 4.02. The Hall–Kier alpha value is -4.28. The standard InChI is InChI=1S/C20H13F3N6O2/c21-20(22,23)16-7-2-13(12-24-16)19(30)26-14-3-5-15(6-4-14)31-18-9-8-17(27-28-18)29-11-1-10-25-29/h1-12H,(H,26,30). The number of hydrogen-bond donors (Lipinski definition) is 1. The molecule has 0 saturated carbocycles. The molecule has 4 aromatic rings. The van der Waals surface area contributed by atoms with Crippen LogP contribution in [0.2, 0.25) is 0 Å². The van der Waals surface area contributed by atoms with Gasteiger partial charge in [-0.3, -0.25) is 9.78 Å². The zero-order valence-corrected chi connectivity index (χ0v) is 15.6. The van der Waals surface area contributed by atoms with Crippen molar-refractivity contribution in [1.29, 1.82) is 0 Å². The number of halogens is 3. The fourth-order valence-electron chi connectivity index (χ4n) is 2.52. The molecule has 0 spiro atoms. The van der Waals surface area contributed by atoms with Crippen LogP contribution in [0.5, 0.6) is 11.6 Å². The monoisotopic (exact) mass is 426 g/mol. The van der Waals surface area contributed by atoms with E-state index in [1.807, 2.05) is 0 Å². The molecule has 3 aromatic heterocycles. The number of anilines is 1. The van der Waals surface area contributed by atoms with E-state index in [4.69, 9.17) is 4.74 Å². The van der Waals surface area contributed by atoms with Gasteiger partial charge in [-0.25, -0.2) is 4.68 Å². The van der Waals surface area contributed by atoms with E-state index in [-0.39, 0.29) is 11.4 Å². The number of carbonyl (C=O) groups excluding carboxylic acids is 1. The molecule has 3 heterocycles. The minimum Gasteiger partial charge on any atom is -0.438 e. The summed E-state index contributed by atoms with van der Waals surface area (Å²) in [6, 6.07) is 13.3. The number of nitrogens with zero attached hydrogens (tertiary/aromatic N) is 5. The van der Waals surface area contributed by atoms with Crippen LogP contribution in [0, 0.1) is 0 Å². The third-order valence-electron chi connectivity index (χ3n) is 4.02. The van der Waals surface area contributed by atoms with Crippen molar-refractivity contribution in [2.45, 2.75) is 6.18 Å². The molecule has 156 valence electrons. The molecule has 1 N–H and O–H groups in total. The summed E-state index contributed by atoms with van der Waals surface area (Å²) in [5, 5.41) is 14.6. The minimum absolute atomic E-state index is 0.000808. The van der Waals surface area contributed by atoms with Gasteiger partial charge in [0.05, 0.1) is 5.56 Å². The minimum atomic E-state index is -4.56. The fourth-order valence-corrected chi connectivity index (χ4v) is 2.52. The molecule has 0 aliphatic heterocycles. The molecule has 0 aliphatic rings. The number of rotatable bonds is 5. The van der Waals surface area contributed by atoms with E-state index in [0.717, 1.165) is 18.3 Å². The molecule has 0 radical (unpaired) electrons. The molecule has 0 saturated heterocycles. The van der Waals surface area contributed by atoms with Crippen molar-refractivity contribution in [2.24, 2.45) is 0 Å². The van der Waals surface area contributed by atoms with Crippen LogP contribution < -0.4 is 10.1 Å². The first-order valence-corrected chi connectivity index (χ1v) is 8.85. The highest BCUT2D eigenvalue weighted by Gasteiger charge is 2.32. The number of carbonyl (C=O) groups is 1. The number of pyridine rings is 1. The second-order valence-electron chi connectivity index (χ2n) is 6.19. The van der Waals surface area contributed by atoms with Gasteiger partial charge in [-0.15, -0.1) is 10.2 Å². The molecule has 0 atom stereocenters. The fraction of sp³-hybridized carbons (Fsp3) is 0.0500. The Morgan fingerprint density at radius 3 is 2.39 bits per heavy atom. The Morgan fingerprint density at radius 2 is 1.81 bits per heavy atom. The zero-order chi connectivity index (χ0) is 21.8. The molecule has 8 nitrogen and oxygen atoms in total. The maximum atomic E-state index is 12.6. The van der Waals surface area contributed by atoms with Gasteiger partial charge < -0.3 is 10.1 Å². The molecule has 0 bridgehead atoms. The van der Waals surface area contributed by atoms with Gasteiger partial charge in [0.25, 0.3) is 5.91 Å². The lowest BCUT2D eigenvalue weighted by molar-refractivity contribution is -0.141. The number of alkyl halides is 3. The van der Waals surface area contributed by atoms with Crippen molar-refractivity contribution in [3.8, 4) is 17.4 Å². The molecular weight excluding hydrogens is 413 g/mol. The number of nitrogens with one attached hydrogen (secondary N) is 1. The van der Waals surface area contributed by atoms with E-state index in [1.54, 1.807) is 59.5 Å². The van der Waals surface area contributed by atoms with Gasteiger partial charge in [-0.1, -0.05) is 0 Å². The van der Waals surface area contributed by atoms with Gasteiger partial charge in [0.1, 0.15) is 11.4 Å². The van der Waals surface area contributed by atoms with Crippen LogP contribution in [0.25, 0.3) is 5.82 Å². The average Bonchev–Trinajstić information content (AvgIpc) is 3.30. The molecule has 31 heavy (non-hydrogen) atoms. The Bertz CT molecular complexity index is 1160. The van der Waals surface area contributed by atoms with E-state index in [2.05, 4.69) is 25.6 Å². The second kappa shape index (κ2) is 8.22. The molecular formula is C20H13F3N6O2. The summed E-state index contributed by atoms with van der Waals surface area (Å²) in [5.41, 5.74) is -0.635. The van der Waals surface area contributed by atoms with E-state index in [1.165, 1.54) is 0 Å². The predicted molar refractivity (Wildman–Crippen MR) is 103 cm³/mol. The first-order chi connectivity index (χ1) is 14.9. The van der Waals surface area contributed by atoms with Gasteiger partial charge >= 0.3 is 6.18 Å². The summed E-state index contributed by atoms with van der Waals surface area (Å²) in [5.74, 6) is 0.669. The number of aromatic nitrogens is 5. The first-order valence-electron chi connectivity index (χ1n) is 8.85. The van der Waals surface area contributed by atoms with Crippen LogP contribution in [0.3, 0.4) is 0 Å².